The van der Waals surface area contributed by atoms with E-state index in [9.17, 15) is 24.0 Å². The SMILES string of the molecule is COCCC(C(=O)Nc1ccc2[nH]c(C(=O)OCc3oc(=O)oc3C)cc2c1)n1cc(OC)c(-c2cc(Cl)ccc2C(C)=O)cc1=O. The number of nitrogens with zero attached hydrogens (tertiary/aromatic N) is 1. The van der Waals surface area contributed by atoms with Crippen molar-refractivity contribution in [3.8, 4) is 16.9 Å². The summed E-state index contributed by atoms with van der Waals surface area (Å²) in [6, 6.07) is 11.6. The molecule has 5 aromatic rings. The van der Waals surface area contributed by atoms with Gasteiger partial charge in [-0.25, -0.2) is 9.59 Å². The van der Waals surface area contributed by atoms with Crippen LogP contribution in [0.3, 0.4) is 0 Å². The van der Waals surface area contributed by atoms with E-state index in [1.54, 1.807) is 42.5 Å². The summed E-state index contributed by atoms with van der Waals surface area (Å²) in [6.07, 6.45) is 1.57. The van der Waals surface area contributed by atoms with Gasteiger partial charge in [0.05, 0.1) is 13.3 Å². The van der Waals surface area contributed by atoms with Crippen molar-refractivity contribution < 1.29 is 37.4 Å². The third-order valence-corrected chi connectivity index (χ3v) is 7.66. The summed E-state index contributed by atoms with van der Waals surface area (Å²) in [5.74, 6) is -1.74. The summed E-state index contributed by atoms with van der Waals surface area (Å²) in [7, 11) is 2.90. The first-order valence-corrected chi connectivity index (χ1v) is 14.7. The molecule has 244 valence electrons. The van der Waals surface area contributed by atoms with E-state index in [1.807, 2.05) is 0 Å². The monoisotopic (exact) mass is 663 g/mol. The van der Waals surface area contributed by atoms with E-state index in [0.29, 0.717) is 38.3 Å². The molecule has 47 heavy (non-hydrogen) atoms. The number of aromatic amines is 1. The highest BCUT2D eigenvalue weighted by atomic mass is 35.5. The summed E-state index contributed by atoms with van der Waals surface area (Å²) in [5, 5.41) is 3.81. The first-order chi connectivity index (χ1) is 22.5. The number of anilines is 1. The van der Waals surface area contributed by atoms with E-state index in [-0.39, 0.29) is 48.4 Å². The molecule has 14 heteroatoms. The van der Waals surface area contributed by atoms with E-state index in [1.165, 1.54) is 44.9 Å². The number of halogens is 1. The topological polar surface area (TPSA) is 172 Å². The van der Waals surface area contributed by atoms with Gasteiger partial charge in [-0.2, -0.15) is 0 Å². The third-order valence-electron chi connectivity index (χ3n) is 7.43. The molecule has 3 heterocycles. The molecule has 1 unspecified atom stereocenters. The van der Waals surface area contributed by atoms with Gasteiger partial charge >= 0.3 is 11.8 Å². The largest absolute Gasteiger partial charge is 0.519 e. The number of carbonyl (C=O) groups is 3. The molecule has 0 aliphatic rings. The lowest BCUT2D eigenvalue weighted by molar-refractivity contribution is -0.119. The molecule has 0 bridgehead atoms. The molecule has 0 fully saturated rings. The predicted molar refractivity (Wildman–Crippen MR) is 171 cm³/mol. The van der Waals surface area contributed by atoms with Crippen LogP contribution in [0, 0.1) is 6.92 Å². The number of aryl methyl sites for hydroxylation is 1. The summed E-state index contributed by atoms with van der Waals surface area (Å²) >= 11 is 6.22. The van der Waals surface area contributed by atoms with Gasteiger partial charge < -0.3 is 33.3 Å². The highest BCUT2D eigenvalue weighted by molar-refractivity contribution is 6.31. The number of benzene rings is 2. The fraction of sp³-hybridized carbons (Fsp3) is 0.242. The standard InChI is InChI=1S/C33H30ClN3O10/c1-17(38)22-7-5-20(34)13-23(22)24-14-30(39)37(15-28(24)44-4)27(9-10-43-3)31(40)35-21-6-8-25-19(11-21)12-26(36-25)32(41)45-16-29-18(2)46-33(42)47-29/h5-8,11-15,27,36H,9-10,16H2,1-4H3,(H,35,40). The van der Waals surface area contributed by atoms with Crippen molar-refractivity contribution in [2.24, 2.45) is 0 Å². The minimum atomic E-state index is -1.00. The first kappa shape index (κ1) is 33.0. The van der Waals surface area contributed by atoms with E-state index in [2.05, 4.69) is 10.3 Å². The molecule has 1 atom stereocenters. The van der Waals surface area contributed by atoms with E-state index < -0.39 is 29.3 Å². The number of methoxy groups -OCH3 is 2. The van der Waals surface area contributed by atoms with E-state index in [0.717, 1.165) is 0 Å². The number of H-pyrrole nitrogens is 1. The van der Waals surface area contributed by atoms with Crippen LogP contribution < -0.4 is 21.4 Å². The lowest BCUT2D eigenvalue weighted by Gasteiger charge is -2.21. The molecule has 0 radical (unpaired) electrons. The number of carbonyl (C=O) groups excluding carboxylic acids is 3. The fourth-order valence-electron chi connectivity index (χ4n) is 5.08. The molecule has 2 N–H and O–H groups in total. The van der Waals surface area contributed by atoms with Gasteiger partial charge in [0.15, 0.2) is 23.9 Å². The van der Waals surface area contributed by atoms with E-state index >= 15 is 0 Å². The molecule has 0 saturated carbocycles. The van der Waals surface area contributed by atoms with Gasteiger partial charge in [-0.05, 0) is 61.9 Å². The Bertz CT molecular complexity index is 2110. The Morgan fingerprint density at radius 2 is 1.81 bits per heavy atom. The number of nitrogens with one attached hydrogen (secondary N) is 2. The summed E-state index contributed by atoms with van der Waals surface area (Å²) in [4.78, 5) is 66.3. The Morgan fingerprint density at radius 3 is 2.49 bits per heavy atom. The molecular weight excluding hydrogens is 634 g/mol. The van der Waals surface area contributed by atoms with Crippen LogP contribution in [-0.2, 0) is 20.9 Å². The first-order valence-electron chi connectivity index (χ1n) is 14.3. The molecule has 0 aliphatic heterocycles. The fourth-order valence-corrected chi connectivity index (χ4v) is 5.25. The number of rotatable bonds is 12. The quantitative estimate of drug-likeness (QED) is 0.132. The van der Waals surface area contributed by atoms with Gasteiger partial charge in [-0.3, -0.25) is 19.0 Å². The number of ketones is 1. The van der Waals surface area contributed by atoms with Gasteiger partial charge in [0.25, 0.3) is 5.56 Å². The number of ether oxygens (including phenoxy) is 3. The van der Waals surface area contributed by atoms with Crippen molar-refractivity contribution in [1.29, 1.82) is 0 Å². The van der Waals surface area contributed by atoms with Gasteiger partial charge in [-0.15, -0.1) is 0 Å². The van der Waals surface area contributed by atoms with Crippen LogP contribution in [0.15, 0.2) is 73.2 Å². The smallest absolute Gasteiger partial charge is 0.495 e. The third kappa shape index (κ3) is 7.21. The van der Waals surface area contributed by atoms with Crippen LogP contribution in [0.4, 0.5) is 5.69 Å². The Labute approximate surface area is 272 Å². The van der Waals surface area contributed by atoms with Gasteiger partial charge in [0.1, 0.15) is 17.5 Å². The zero-order valence-corrected chi connectivity index (χ0v) is 26.6. The molecule has 1 amide bonds. The molecule has 3 aromatic heterocycles. The van der Waals surface area contributed by atoms with Crippen molar-refractivity contribution in [2.45, 2.75) is 32.9 Å². The normalized spacial score (nSPS) is 11.8. The number of hydrogen-bond donors (Lipinski definition) is 2. The average molecular weight is 664 g/mol. The molecule has 13 nitrogen and oxygen atoms in total. The lowest BCUT2D eigenvalue weighted by Crippen LogP contribution is -2.34. The minimum Gasteiger partial charge on any atom is -0.495 e. The van der Waals surface area contributed by atoms with Crippen molar-refractivity contribution in [3.05, 3.63) is 103 Å². The maximum Gasteiger partial charge on any atom is 0.519 e. The maximum atomic E-state index is 13.7. The summed E-state index contributed by atoms with van der Waals surface area (Å²) < 4.78 is 26.9. The zero-order valence-electron chi connectivity index (χ0n) is 25.8. The Kier molecular flexibility index (Phi) is 9.78. The zero-order chi connectivity index (χ0) is 33.8. The number of aromatic nitrogens is 2. The Hall–Kier alpha value is -5.40. The number of fused-ring (bicyclic) bond motifs is 1. The number of esters is 1. The van der Waals surface area contributed by atoms with Gasteiger partial charge in [0.2, 0.25) is 5.91 Å². The van der Waals surface area contributed by atoms with Crippen LogP contribution in [0.25, 0.3) is 22.0 Å². The average Bonchev–Trinajstić information content (AvgIpc) is 3.61. The van der Waals surface area contributed by atoms with Gasteiger partial charge in [-0.1, -0.05) is 11.6 Å². The van der Waals surface area contributed by atoms with Crippen LogP contribution >= 0.6 is 11.6 Å². The molecule has 2 aromatic carbocycles. The van der Waals surface area contributed by atoms with Crippen molar-refractivity contribution in [3.63, 3.8) is 0 Å². The predicted octanol–water partition coefficient (Wildman–Crippen LogP) is 5.29. The second-order valence-electron chi connectivity index (χ2n) is 10.5. The Balaban J connectivity index is 1.40. The number of amides is 1. The summed E-state index contributed by atoms with van der Waals surface area (Å²) in [5.41, 5.74) is 1.76. The molecule has 5 rings (SSSR count). The molecule has 0 aliphatic carbocycles. The second kappa shape index (κ2) is 13.9. The number of Topliss-reactive ketones (excluding diaryl/α,β-unsaturated/α-hetero) is 1. The van der Waals surface area contributed by atoms with Crippen LogP contribution in [0.2, 0.25) is 5.02 Å². The number of pyridine rings is 1. The summed E-state index contributed by atoms with van der Waals surface area (Å²) in [6.45, 7) is 2.80. The minimum absolute atomic E-state index is 0.101. The van der Waals surface area contributed by atoms with Crippen molar-refractivity contribution >= 4 is 45.9 Å². The van der Waals surface area contributed by atoms with Crippen LogP contribution in [0.5, 0.6) is 5.75 Å². The lowest BCUT2D eigenvalue weighted by atomic mass is 9.97. The van der Waals surface area contributed by atoms with Gasteiger partial charge in [0, 0.05) is 58.9 Å². The molecular formula is C33H30ClN3O10. The second-order valence-corrected chi connectivity index (χ2v) is 11.0. The molecule has 0 spiro atoms. The van der Waals surface area contributed by atoms with E-state index in [4.69, 9.17) is 34.6 Å². The highest BCUT2D eigenvalue weighted by Crippen LogP contribution is 2.34. The number of hydrogen-bond acceptors (Lipinski definition) is 10. The van der Waals surface area contributed by atoms with Crippen LogP contribution in [-0.4, -0.2) is 48.0 Å². The Morgan fingerprint density at radius 1 is 1.02 bits per heavy atom. The maximum absolute atomic E-state index is 13.7. The molecule has 0 saturated heterocycles. The van der Waals surface area contributed by atoms with Crippen molar-refractivity contribution in [1.82, 2.24) is 9.55 Å². The highest BCUT2D eigenvalue weighted by Gasteiger charge is 2.25. The van der Waals surface area contributed by atoms with Crippen LogP contribution in [0.1, 0.15) is 51.8 Å². The van der Waals surface area contributed by atoms with Crippen molar-refractivity contribution in [2.75, 3.05) is 26.1 Å².